The van der Waals surface area contributed by atoms with Gasteiger partial charge >= 0.3 is 7.12 Å². The first-order valence-electron chi connectivity index (χ1n) is 23.7. The maximum atomic E-state index is 8.65. The number of fused-ring (bicyclic) bond motifs is 6. The number of rotatable bonds is 4. The zero-order valence-electron chi connectivity index (χ0n) is 38.9. The first-order valence-corrected chi connectivity index (χ1v) is 25.2. The Morgan fingerprint density at radius 2 is 1.11 bits per heavy atom. The van der Waals surface area contributed by atoms with E-state index in [2.05, 4.69) is 76.6 Å². The van der Waals surface area contributed by atoms with E-state index in [1.807, 2.05) is 48.5 Å². The minimum atomic E-state index is -1.43. The fourth-order valence-electron chi connectivity index (χ4n) is 10.8. The van der Waals surface area contributed by atoms with Gasteiger partial charge in [0.25, 0.3) is 0 Å². The molecule has 2 aliphatic carbocycles. The van der Waals surface area contributed by atoms with Crippen LogP contribution in [0, 0.1) is 0 Å². The second kappa shape index (κ2) is 19.9. The number of hydroxylamine groups is 4. The summed E-state index contributed by atoms with van der Waals surface area (Å²) in [6.45, 7) is 0. The molecule has 0 fully saturated rings. The highest BCUT2D eigenvalue weighted by molar-refractivity contribution is 9.10. The summed E-state index contributed by atoms with van der Waals surface area (Å²) in [6, 6.07) is 43.9. The van der Waals surface area contributed by atoms with Crippen LogP contribution in [-0.2, 0) is 34.0 Å². The van der Waals surface area contributed by atoms with E-state index in [1.165, 1.54) is 34.7 Å². The maximum absolute atomic E-state index is 8.65. The number of guanidine groups is 2. The number of hydrogen-bond acceptors (Lipinski definition) is 12. The second-order valence-electron chi connectivity index (χ2n) is 18.6. The lowest BCUT2D eigenvalue weighted by atomic mass is 9.76. The SMILES string of the molecule is CN1OC2(CC(C3CCCc4ccccc43)Oc3ccc(-c4cccc(Cl)c4)cc32)N=C1N.CN1OC2(CC(C3CCCc4ccccc43)Oc3ccc(Br)cc32)N=C1N.OB(O)c1cccc(Cl)c1. The third-order valence-corrected chi connectivity index (χ3v) is 15.1. The van der Waals surface area contributed by atoms with E-state index < -0.39 is 18.6 Å². The van der Waals surface area contributed by atoms with Gasteiger partial charge in [0, 0.05) is 53.3 Å². The predicted octanol–water partition coefficient (Wildman–Crippen LogP) is 9.71. The van der Waals surface area contributed by atoms with Crippen LogP contribution in [0.1, 0.15) is 83.7 Å². The van der Waals surface area contributed by atoms with Crippen molar-refractivity contribution in [3.05, 3.63) is 181 Å². The van der Waals surface area contributed by atoms with E-state index in [9.17, 15) is 0 Å². The summed E-state index contributed by atoms with van der Waals surface area (Å²) in [5.41, 5.74) is 20.5. The van der Waals surface area contributed by atoms with Gasteiger partial charge in [-0.15, -0.1) is 0 Å². The number of nitrogens with zero attached hydrogens (tertiary/aromatic N) is 4. The monoisotopic (exact) mass is 1040 g/mol. The molecular formula is C54H54BBrCl2N6O6. The molecule has 2 spiro atoms. The molecule has 0 bridgehead atoms. The molecule has 6 N–H and O–H groups in total. The third kappa shape index (κ3) is 9.63. The van der Waals surface area contributed by atoms with Crippen LogP contribution in [0.15, 0.2) is 148 Å². The summed E-state index contributed by atoms with van der Waals surface area (Å²) < 4.78 is 14.1. The normalized spacial score (nSPS) is 24.8. The summed E-state index contributed by atoms with van der Waals surface area (Å²) in [7, 11) is 2.17. The topological polar surface area (TPSA) is 161 Å². The van der Waals surface area contributed by atoms with Gasteiger partial charge in [-0.1, -0.05) is 118 Å². The number of aliphatic imine (C=N–C) groups is 2. The van der Waals surface area contributed by atoms with Crippen molar-refractivity contribution in [1.82, 2.24) is 10.1 Å². The lowest BCUT2D eigenvalue weighted by Crippen LogP contribution is -2.42. The highest BCUT2D eigenvalue weighted by Crippen LogP contribution is 2.52. The molecule has 6 aromatic rings. The quantitative estimate of drug-likeness (QED) is 0.125. The summed E-state index contributed by atoms with van der Waals surface area (Å²) in [6.07, 6.45) is 7.95. The Bertz CT molecular complexity index is 2980. The fourth-order valence-corrected chi connectivity index (χ4v) is 11.6. The average molecular weight is 1040 g/mol. The zero-order chi connectivity index (χ0) is 48.7. The lowest BCUT2D eigenvalue weighted by Gasteiger charge is -2.41. The average Bonchev–Trinajstić information content (AvgIpc) is 3.81. The van der Waals surface area contributed by atoms with Gasteiger partial charge < -0.3 is 31.0 Å². The molecule has 12 rings (SSSR count). The lowest BCUT2D eigenvalue weighted by molar-refractivity contribution is -0.192. The third-order valence-electron chi connectivity index (χ3n) is 14.1. The number of nitrogens with two attached hydrogens (primary N) is 2. The molecule has 0 amide bonds. The molecule has 0 saturated heterocycles. The number of ether oxygens (including phenoxy) is 2. The van der Waals surface area contributed by atoms with Gasteiger partial charge in [0.1, 0.15) is 23.7 Å². The summed E-state index contributed by atoms with van der Waals surface area (Å²) >= 11 is 15.4. The first-order chi connectivity index (χ1) is 33.8. The van der Waals surface area contributed by atoms with Crippen molar-refractivity contribution in [2.24, 2.45) is 21.5 Å². The van der Waals surface area contributed by atoms with Crippen molar-refractivity contribution < 1.29 is 29.2 Å². The Kier molecular flexibility index (Phi) is 13.7. The number of aryl methyl sites for hydroxylation is 2. The van der Waals surface area contributed by atoms with Crippen molar-refractivity contribution in [3.63, 3.8) is 0 Å². The van der Waals surface area contributed by atoms with E-state index in [1.54, 1.807) is 42.4 Å². The summed E-state index contributed by atoms with van der Waals surface area (Å²) in [5, 5.41) is 21.6. The van der Waals surface area contributed by atoms with Crippen molar-refractivity contribution in [1.29, 1.82) is 0 Å². The standard InChI is InChI=1S/C27H26ClN3O2.C21H22BrN3O2.C6H6BClO2/c1-31-26(29)30-27(33-31)16-25(22-11-5-7-17-6-2-3-10-21(17)22)32-24-13-12-19(15-23(24)27)18-8-4-9-20(28)14-18;1-25-20(23)24-21(27-25)12-19(26-18-10-9-14(22)11-17(18)21)16-8-4-6-13-5-2-3-7-15(13)16;8-6-3-1-2-5(4-6)7(9)10/h2-4,6,8-10,12-15,22,25H,5,7,11,16H2,1H3,(H2,29,30);2-3,5,7,9-11,16,19H,4,6,8,12H2,1H3,(H2,23,24);1-4,9-10H. The van der Waals surface area contributed by atoms with Gasteiger partial charge in [-0.2, -0.15) is 0 Å². The molecule has 6 aromatic carbocycles. The molecule has 12 nitrogen and oxygen atoms in total. The Morgan fingerprint density at radius 1 is 0.614 bits per heavy atom. The van der Waals surface area contributed by atoms with Gasteiger partial charge in [-0.3, -0.25) is 0 Å². The molecule has 6 unspecified atom stereocenters. The van der Waals surface area contributed by atoms with Crippen LogP contribution < -0.4 is 26.4 Å². The van der Waals surface area contributed by atoms with Gasteiger partial charge in [0.2, 0.25) is 23.4 Å². The van der Waals surface area contributed by atoms with Crippen LogP contribution in [0.5, 0.6) is 11.5 Å². The molecule has 16 heteroatoms. The Balaban J connectivity index is 0.000000138. The van der Waals surface area contributed by atoms with E-state index in [-0.39, 0.29) is 12.2 Å². The molecule has 0 radical (unpaired) electrons. The molecule has 4 aliphatic heterocycles. The van der Waals surface area contributed by atoms with Gasteiger partial charge in [-0.05, 0) is 132 Å². The molecule has 0 saturated carbocycles. The largest absolute Gasteiger partial charge is 0.489 e. The Labute approximate surface area is 427 Å². The van der Waals surface area contributed by atoms with Crippen LogP contribution in [0.2, 0.25) is 10.0 Å². The molecule has 4 heterocycles. The summed E-state index contributed by atoms with van der Waals surface area (Å²) in [4.78, 5) is 22.1. The highest BCUT2D eigenvalue weighted by Gasteiger charge is 2.52. The first kappa shape index (κ1) is 48.1. The van der Waals surface area contributed by atoms with Crippen LogP contribution in [0.3, 0.4) is 0 Å². The number of halogens is 3. The van der Waals surface area contributed by atoms with Crippen LogP contribution in [0.4, 0.5) is 0 Å². The van der Waals surface area contributed by atoms with Gasteiger partial charge in [-0.25, -0.2) is 29.8 Å². The Hall–Kier alpha value is -5.58. The van der Waals surface area contributed by atoms with Crippen molar-refractivity contribution in [2.45, 2.75) is 86.9 Å². The molecule has 0 aromatic heterocycles. The Morgan fingerprint density at radius 3 is 1.61 bits per heavy atom. The van der Waals surface area contributed by atoms with E-state index in [0.717, 1.165) is 70.3 Å². The van der Waals surface area contributed by atoms with Crippen molar-refractivity contribution in [2.75, 3.05) is 14.1 Å². The minimum absolute atomic E-state index is 0.0109. The smallest absolute Gasteiger partial charge is 0.488 e. The number of benzene rings is 6. The molecule has 360 valence electrons. The van der Waals surface area contributed by atoms with E-state index >= 15 is 0 Å². The molecule has 6 atom stereocenters. The van der Waals surface area contributed by atoms with Crippen LogP contribution >= 0.6 is 39.1 Å². The predicted molar refractivity (Wildman–Crippen MR) is 279 cm³/mol. The highest BCUT2D eigenvalue weighted by atomic mass is 79.9. The number of hydrogen-bond donors (Lipinski definition) is 4. The van der Waals surface area contributed by atoms with Crippen LogP contribution in [0.25, 0.3) is 11.1 Å². The second-order valence-corrected chi connectivity index (χ2v) is 20.4. The van der Waals surface area contributed by atoms with E-state index in [4.69, 9.17) is 73.9 Å². The fraction of sp³-hybridized carbons (Fsp3) is 0.296. The summed E-state index contributed by atoms with van der Waals surface area (Å²) in [5.74, 6) is 3.01. The van der Waals surface area contributed by atoms with E-state index in [0.29, 0.717) is 52.1 Å². The van der Waals surface area contributed by atoms with Crippen LogP contribution in [-0.4, -0.2) is 65.5 Å². The van der Waals surface area contributed by atoms with Gasteiger partial charge in [0.05, 0.1) is 11.1 Å². The molecular weight excluding hydrogens is 990 g/mol. The van der Waals surface area contributed by atoms with Crippen molar-refractivity contribution >= 4 is 63.6 Å². The molecule has 6 aliphatic rings. The molecule has 70 heavy (non-hydrogen) atoms. The van der Waals surface area contributed by atoms with Gasteiger partial charge in [0.15, 0.2) is 0 Å². The van der Waals surface area contributed by atoms with Crippen molar-refractivity contribution in [3.8, 4) is 22.6 Å². The maximum Gasteiger partial charge on any atom is 0.488 e. The minimum Gasteiger partial charge on any atom is -0.489 e. The zero-order valence-corrected chi connectivity index (χ0v) is 41.9.